The summed E-state index contributed by atoms with van der Waals surface area (Å²) in [5.41, 5.74) is 2.68. The van der Waals surface area contributed by atoms with Gasteiger partial charge in [0.1, 0.15) is 0 Å². The molecule has 1 aromatic carbocycles. The molecule has 1 N–H and O–H groups in total. The molecule has 6 heteroatoms. The fourth-order valence-electron chi connectivity index (χ4n) is 3.00. The Morgan fingerprint density at radius 3 is 2.88 bits per heavy atom. The lowest BCUT2D eigenvalue weighted by Crippen LogP contribution is -2.28. The number of carbonyl (C=O) groups excluding carboxylic acids is 2. The Labute approximate surface area is 148 Å². The van der Waals surface area contributed by atoms with Crippen LogP contribution in [0.5, 0.6) is 0 Å². The van der Waals surface area contributed by atoms with E-state index in [0.717, 1.165) is 28.2 Å². The zero-order chi connectivity index (χ0) is 17.2. The van der Waals surface area contributed by atoms with E-state index in [4.69, 9.17) is 4.42 Å². The van der Waals surface area contributed by atoms with Crippen LogP contribution in [-0.4, -0.2) is 18.4 Å². The maximum atomic E-state index is 12.5. The highest BCUT2D eigenvalue weighted by atomic mass is 32.1. The number of anilines is 2. The molecule has 0 saturated carbocycles. The van der Waals surface area contributed by atoms with Crippen LogP contribution in [0.3, 0.4) is 0 Å². The summed E-state index contributed by atoms with van der Waals surface area (Å²) in [6.07, 6.45) is 2.63. The first-order chi connectivity index (χ1) is 12.2. The molecule has 0 radical (unpaired) electrons. The minimum atomic E-state index is -0.141. The molecule has 2 amide bonds. The van der Waals surface area contributed by atoms with E-state index in [9.17, 15) is 9.59 Å². The van der Waals surface area contributed by atoms with Crippen LogP contribution < -0.4 is 10.2 Å². The summed E-state index contributed by atoms with van der Waals surface area (Å²) in [6, 6.07) is 12.9. The zero-order valence-corrected chi connectivity index (χ0v) is 14.2. The number of nitrogens with zero attached hydrogens (tertiary/aromatic N) is 1. The Morgan fingerprint density at radius 1 is 1.20 bits per heavy atom. The smallest absolute Gasteiger partial charge is 0.293 e. The van der Waals surface area contributed by atoms with E-state index in [2.05, 4.69) is 5.32 Å². The molecule has 0 aliphatic carbocycles. The maximum absolute atomic E-state index is 12.5. The Kier molecular flexibility index (Phi) is 4.11. The molecule has 5 nitrogen and oxygen atoms in total. The van der Waals surface area contributed by atoms with Crippen LogP contribution in [-0.2, 0) is 17.6 Å². The van der Waals surface area contributed by atoms with Crippen LogP contribution in [0.15, 0.2) is 58.5 Å². The van der Waals surface area contributed by atoms with Gasteiger partial charge in [-0.3, -0.25) is 9.59 Å². The first-order valence-corrected chi connectivity index (χ1v) is 8.89. The van der Waals surface area contributed by atoms with Gasteiger partial charge in [0, 0.05) is 22.8 Å². The minimum Gasteiger partial charge on any atom is -0.459 e. The quantitative estimate of drug-likeness (QED) is 0.778. The lowest BCUT2D eigenvalue weighted by Gasteiger charge is -2.16. The summed E-state index contributed by atoms with van der Waals surface area (Å²) in [7, 11) is 0. The second kappa shape index (κ2) is 6.57. The standard InChI is InChI=1S/C19H16N2O3S/c22-18(12-15-3-2-10-25-15)20-14-5-6-16-13(11-14)7-8-21(16)19(23)17-4-1-9-24-17/h1-6,9-11H,7-8,12H2,(H,20,22). The molecule has 3 heterocycles. The first kappa shape index (κ1) is 15.7. The molecule has 1 aliphatic rings. The Balaban J connectivity index is 1.48. The van der Waals surface area contributed by atoms with Gasteiger partial charge in [-0.1, -0.05) is 6.07 Å². The van der Waals surface area contributed by atoms with Crippen LogP contribution in [0.2, 0.25) is 0 Å². The fraction of sp³-hybridized carbons (Fsp3) is 0.158. The highest BCUT2D eigenvalue weighted by molar-refractivity contribution is 7.10. The fourth-order valence-corrected chi connectivity index (χ4v) is 3.70. The van der Waals surface area contributed by atoms with Crippen LogP contribution in [0, 0.1) is 0 Å². The van der Waals surface area contributed by atoms with Gasteiger partial charge in [-0.2, -0.15) is 0 Å². The number of hydrogen-bond donors (Lipinski definition) is 1. The summed E-state index contributed by atoms with van der Waals surface area (Å²) in [6.45, 7) is 0.613. The highest BCUT2D eigenvalue weighted by Crippen LogP contribution is 2.31. The van der Waals surface area contributed by atoms with Crippen LogP contribution in [0.4, 0.5) is 11.4 Å². The Bertz CT molecular complexity index is 901. The zero-order valence-electron chi connectivity index (χ0n) is 13.4. The van der Waals surface area contributed by atoms with Gasteiger partial charge >= 0.3 is 0 Å². The molecule has 0 atom stereocenters. The summed E-state index contributed by atoms with van der Waals surface area (Å²) in [5.74, 6) is 0.156. The summed E-state index contributed by atoms with van der Waals surface area (Å²) < 4.78 is 5.20. The van der Waals surface area contributed by atoms with Crippen molar-refractivity contribution in [2.75, 3.05) is 16.8 Å². The molecule has 0 unspecified atom stereocenters. The van der Waals surface area contributed by atoms with Gasteiger partial charge in [-0.15, -0.1) is 11.3 Å². The van der Waals surface area contributed by atoms with Crippen molar-refractivity contribution in [1.82, 2.24) is 0 Å². The summed E-state index contributed by atoms with van der Waals surface area (Å²) in [4.78, 5) is 27.4. The number of hydrogen-bond acceptors (Lipinski definition) is 4. The minimum absolute atomic E-state index is 0.0380. The second-order valence-corrected chi connectivity index (χ2v) is 6.86. The molecular formula is C19H16N2O3S. The number of benzene rings is 1. The van der Waals surface area contributed by atoms with Crippen molar-refractivity contribution in [3.63, 3.8) is 0 Å². The molecule has 0 fully saturated rings. The highest BCUT2D eigenvalue weighted by Gasteiger charge is 2.27. The predicted octanol–water partition coefficient (Wildman–Crippen LogP) is 3.73. The number of rotatable bonds is 4. The van der Waals surface area contributed by atoms with Crippen molar-refractivity contribution in [3.05, 3.63) is 70.3 Å². The first-order valence-electron chi connectivity index (χ1n) is 8.01. The summed E-state index contributed by atoms with van der Waals surface area (Å²) >= 11 is 1.57. The van der Waals surface area contributed by atoms with E-state index in [0.29, 0.717) is 18.7 Å². The van der Waals surface area contributed by atoms with Crippen molar-refractivity contribution < 1.29 is 14.0 Å². The number of furan rings is 1. The number of fused-ring (bicyclic) bond motifs is 1. The molecule has 0 saturated heterocycles. The third-order valence-corrected chi connectivity index (χ3v) is 5.03. The van der Waals surface area contributed by atoms with E-state index in [1.165, 1.54) is 6.26 Å². The van der Waals surface area contributed by atoms with Crippen LogP contribution in [0.25, 0.3) is 0 Å². The van der Waals surface area contributed by atoms with Crippen molar-refractivity contribution in [3.8, 4) is 0 Å². The van der Waals surface area contributed by atoms with Gasteiger partial charge < -0.3 is 14.6 Å². The van der Waals surface area contributed by atoms with E-state index < -0.39 is 0 Å². The normalized spacial score (nSPS) is 12.9. The van der Waals surface area contributed by atoms with Gasteiger partial charge in [0.25, 0.3) is 5.91 Å². The van der Waals surface area contributed by atoms with Gasteiger partial charge in [0.15, 0.2) is 5.76 Å². The van der Waals surface area contributed by atoms with Crippen molar-refractivity contribution in [2.24, 2.45) is 0 Å². The molecule has 126 valence electrons. The topological polar surface area (TPSA) is 62.6 Å². The number of carbonyl (C=O) groups is 2. The molecular weight excluding hydrogens is 336 g/mol. The van der Waals surface area contributed by atoms with E-state index in [1.807, 2.05) is 35.7 Å². The van der Waals surface area contributed by atoms with E-state index in [1.54, 1.807) is 28.4 Å². The van der Waals surface area contributed by atoms with Gasteiger partial charge in [0.05, 0.1) is 12.7 Å². The van der Waals surface area contributed by atoms with Gasteiger partial charge in [0.2, 0.25) is 5.91 Å². The average molecular weight is 352 g/mol. The Hall–Kier alpha value is -2.86. The number of thiophene rings is 1. The number of nitrogens with one attached hydrogen (secondary N) is 1. The van der Waals surface area contributed by atoms with Crippen LogP contribution >= 0.6 is 11.3 Å². The lowest BCUT2D eigenvalue weighted by molar-refractivity contribution is -0.115. The SMILES string of the molecule is O=C(Cc1cccs1)Nc1ccc2c(c1)CCN2C(=O)c1ccco1. The second-order valence-electron chi connectivity index (χ2n) is 5.83. The van der Waals surface area contributed by atoms with Gasteiger partial charge in [-0.05, 0) is 53.8 Å². The lowest BCUT2D eigenvalue weighted by atomic mass is 10.1. The molecule has 0 spiro atoms. The van der Waals surface area contributed by atoms with Crippen molar-refractivity contribution in [2.45, 2.75) is 12.8 Å². The van der Waals surface area contributed by atoms with Crippen LogP contribution in [0.1, 0.15) is 21.0 Å². The number of amides is 2. The summed E-state index contributed by atoms with van der Waals surface area (Å²) in [5, 5.41) is 4.89. The average Bonchev–Trinajstić information content (AvgIpc) is 3.35. The molecule has 1 aliphatic heterocycles. The van der Waals surface area contributed by atoms with Crippen molar-refractivity contribution in [1.29, 1.82) is 0 Å². The molecule has 0 bridgehead atoms. The monoisotopic (exact) mass is 352 g/mol. The van der Waals surface area contributed by atoms with E-state index >= 15 is 0 Å². The largest absolute Gasteiger partial charge is 0.459 e. The Morgan fingerprint density at radius 2 is 2.12 bits per heavy atom. The molecule has 4 rings (SSSR count). The predicted molar refractivity (Wildman–Crippen MR) is 97.2 cm³/mol. The third kappa shape index (κ3) is 3.21. The molecule has 25 heavy (non-hydrogen) atoms. The van der Waals surface area contributed by atoms with Crippen molar-refractivity contribution >= 4 is 34.5 Å². The maximum Gasteiger partial charge on any atom is 0.293 e. The molecule has 2 aromatic heterocycles. The molecule has 3 aromatic rings. The van der Waals surface area contributed by atoms with Gasteiger partial charge in [-0.25, -0.2) is 0 Å². The third-order valence-electron chi connectivity index (χ3n) is 4.15. The van der Waals surface area contributed by atoms with E-state index in [-0.39, 0.29) is 11.8 Å².